The highest BCUT2D eigenvalue weighted by Gasteiger charge is 2.19. The Kier molecular flexibility index (Phi) is 7.31. The highest BCUT2D eigenvalue weighted by atomic mass is 35.5. The minimum absolute atomic E-state index is 0.108. The summed E-state index contributed by atoms with van der Waals surface area (Å²) < 4.78 is 25.3. The number of benzene rings is 4. The van der Waals surface area contributed by atoms with Gasteiger partial charge < -0.3 is 14.8 Å². The fourth-order valence-corrected chi connectivity index (χ4v) is 4.21. The summed E-state index contributed by atoms with van der Waals surface area (Å²) in [6, 6.07) is 16.6. The van der Waals surface area contributed by atoms with Crippen LogP contribution in [0.5, 0.6) is 17.2 Å². The van der Waals surface area contributed by atoms with Gasteiger partial charge in [0.05, 0.1) is 27.7 Å². The van der Waals surface area contributed by atoms with Gasteiger partial charge in [-0.1, -0.05) is 65.1 Å². The van der Waals surface area contributed by atoms with Crippen molar-refractivity contribution >= 4 is 63.2 Å². The SMILES string of the molecule is COc1ccc(Oc2c(Cl)cc(NC(=O)NC(=O)c3c(F)cccc3Cl)cc2Cl)c2ccccc12. The van der Waals surface area contributed by atoms with E-state index in [9.17, 15) is 14.0 Å². The Hall–Kier alpha value is -3.52. The molecule has 3 amide bonds. The molecule has 35 heavy (non-hydrogen) atoms. The van der Waals surface area contributed by atoms with Crippen molar-refractivity contribution < 1.29 is 23.5 Å². The summed E-state index contributed by atoms with van der Waals surface area (Å²) in [5.74, 6) is -0.516. The monoisotopic (exact) mass is 532 g/mol. The van der Waals surface area contributed by atoms with Crippen LogP contribution in [-0.4, -0.2) is 19.0 Å². The second-order valence-corrected chi connectivity index (χ2v) is 8.41. The van der Waals surface area contributed by atoms with E-state index >= 15 is 0 Å². The number of amides is 3. The van der Waals surface area contributed by atoms with Gasteiger partial charge in [-0.2, -0.15) is 0 Å². The maximum Gasteiger partial charge on any atom is 0.326 e. The summed E-state index contributed by atoms with van der Waals surface area (Å²) in [7, 11) is 1.58. The number of imide groups is 1. The molecule has 4 aromatic rings. The van der Waals surface area contributed by atoms with Gasteiger partial charge in [-0.15, -0.1) is 0 Å². The molecule has 0 saturated heterocycles. The average Bonchev–Trinajstić information content (AvgIpc) is 2.81. The molecule has 0 aliphatic rings. The average molecular weight is 534 g/mol. The molecule has 0 heterocycles. The van der Waals surface area contributed by atoms with E-state index < -0.39 is 23.3 Å². The number of ether oxygens (including phenoxy) is 2. The molecule has 0 radical (unpaired) electrons. The number of anilines is 1. The van der Waals surface area contributed by atoms with E-state index in [0.717, 1.165) is 16.8 Å². The Labute approximate surface area is 214 Å². The van der Waals surface area contributed by atoms with Gasteiger partial charge in [-0.05, 0) is 36.4 Å². The van der Waals surface area contributed by atoms with Crippen LogP contribution in [0.25, 0.3) is 10.8 Å². The fraction of sp³-hybridized carbons (Fsp3) is 0.0400. The van der Waals surface area contributed by atoms with Gasteiger partial charge in [0.2, 0.25) is 0 Å². The van der Waals surface area contributed by atoms with Gasteiger partial charge in [0.15, 0.2) is 5.75 Å². The summed E-state index contributed by atoms with van der Waals surface area (Å²) in [5.41, 5.74) is -0.271. The number of hydrogen-bond acceptors (Lipinski definition) is 4. The second-order valence-electron chi connectivity index (χ2n) is 7.19. The second kappa shape index (κ2) is 10.4. The van der Waals surface area contributed by atoms with E-state index in [0.29, 0.717) is 11.5 Å². The number of urea groups is 1. The van der Waals surface area contributed by atoms with Crippen LogP contribution in [0.3, 0.4) is 0 Å². The number of nitrogens with one attached hydrogen (secondary N) is 2. The molecule has 0 bridgehead atoms. The first-order valence-corrected chi connectivity index (χ1v) is 11.2. The molecule has 6 nitrogen and oxygen atoms in total. The number of hydrogen-bond donors (Lipinski definition) is 2. The lowest BCUT2D eigenvalue weighted by Crippen LogP contribution is -2.35. The summed E-state index contributed by atoms with van der Waals surface area (Å²) in [6.07, 6.45) is 0. The van der Waals surface area contributed by atoms with Gasteiger partial charge in [-0.25, -0.2) is 9.18 Å². The molecule has 4 rings (SSSR count). The van der Waals surface area contributed by atoms with Crippen LogP contribution in [0, 0.1) is 5.82 Å². The lowest BCUT2D eigenvalue weighted by atomic mass is 10.1. The molecule has 10 heteroatoms. The van der Waals surface area contributed by atoms with Crippen LogP contribution in [0.15, 0.2) is 66.7 Å². The third-order valence-corrected chi connectivity index (χ3v) is 5.83. The predicted molar refractivity (Wildman–Crippen MR) is 135 cm³/mol. The molecule has 0 saturated carbocycles. The molecule has 2 N–H and O–H groups in total. The number of carbonyl (C=O) groups excluding carboxylic acids is 2. The van der Waals surface area contributed by atoms with Gasteiger partial charge in [0.25, 0.3) is 5.91 Å². The number of carbonyl (C=O) groups is 2. The van der Waals surface area contributed by atoms with E-state index in [1.807, 2.05) is 29.6 Å². The summed E-state index contributed by atoms with van der Waals surface area (Å²) in [4.78, 5) is 24.5. The maximum atomic E-state index is 13.9. The Morgan fingerprint density at radius 2 is 1.46 bits per heavy atom. The molecular weight excluding hydrogens is 518 g/mol. The molecule has 0 aliphatic heterocycles. The Morgan fingerprint density at radius 1 is 0.829 bits per heavy atom. The number of fused-ring (bicyclic) bond motifs is 1. The molecule has 4 aromatic carbocycles. The molecule has 0 unspecified atom stereocenters. The van der Waals surface area contributed by atoms with Gasteiger partial charge in [0, 0.05) is 16.5 Å². The minimum Gasteiger partial charge on any atom is -0.496 e. The van der Waals surface area contributed by atoms with E-state index in [1.165, 1.54) is 24.3 Å². The first-order valence-electron chi connectivity index (χ1n) is 10.1. The normalized spacial score (nSPS) is 10.7. The summed E-state index contributed by atoms with van der Waals surface area (Å²) in [6.45, 7) is 0. The zero-order chi connectivity index (χ0) is 25.1. The van der Waals surface area contributed by atoms with E-state index in [4.69, 9.17) is 44.3 Å². The quantitative estimate of drug-likeness (QED) is 0.275. The smallest absolute Gasteiger partial charge is 0.326 e. The van der Waals surface area contributed by atoms with E-state index in [2.05, 4.69) is 5.32 Å². The number of rotatable bonds is 5. The largest absolute Gasteiger partial charge is 0.496 e. The maximum absolute atomic E-state index is 13.9. The van der Waals surface area contributed by atoms with Crippen molar-refractivity contribution in [2.45, 2.75) is 0 Å². The molecular formula is C25H16Cl3FN2O4. The van der Waals surface area contributed by atoms with Crippen molar-refractivity contribution in [1.29, 1.82) is 0 Å². The van der Waals surface area contributed by atoms with Gasteiger partial charge in [-0.3, -0.25) is 10.1 Å². The van der Waals surface area contributed by atoms with Crippen molar-refractivity contribution in [3.05, 3.63) is 93.2 Å². The fourth-order valence-electron chi connectivity index (χ4n) is 3.39. The van der Waals surface area contributed by atoms with Crippen molar-refractivity contribution in [2.24, 2.45) is 0 Å². The zero-order valence-corrected chi connectivity index (χ0v) is 20.3. The topological polar surface area (TPSA) is 76.7 Å². The molecule has 0 atom stereocenters. The van der Waals surface area contributed by atoms with E-state index in [-0.39, 0.29) is 26.5 Å². The van der Waals surface area contributed by atoms with E-state index in [1.54, 1.807) is 19.2 Å². The predicted octanol–water partition coefficient (Wildman–Crippen LogP) is 7.70. The zero-order valence-electron chi connectivity index (χ0n) is 18.0. The molecule has 178 valence electrons. The molecule has 0 aliphatic carbocycles. The van der Waals surface area contributed by atoms with Crippen LogP contribution in [0.4, 0.5) is 14.9 Å². The lowest BCUT2D eigenvalue weighted by Gasteiger charge is -2.15. The highest BCUT2D eigenvalue weighted by Crippen LogP contribution is 2.42. The lowest BCUT2D eigenvalue weighted by molar-refractivity contribution is 0.0963. The summed E-state index contributed by atoms with van der Waals surface area (Å²) >= 11 is 18.6. The molecule has 0 fully saturated rings. The van der Waals surface area contributed by atoms with Crippen molar-refractivity contribution in [3.8, 4) is 17.2 Å². The standard InChI is InChI=1S/C25H16Cl3FN2O4/c1-34-20-9-10-21(15-6-3-2-5-14(15)20)35-23-17(27)11-13(12-18(23)28)30-25(33)31-24(32)22-16(26)7-4-8-19(22)29/h2-12H,1H3,(H2,30,31,32,33). The third kappa shape index (κ3) is 5.27. The Balaban J connectivity index is 1.53. The van der Waals surface area contributed by atoms with Crippen LogP contribution in [0.1, 0.15) is 10.4 Å². The third-order valence-electron chi connectivity index (χ3n) is 4.95. The first-order chi connectivity index (χ1) is 16.8. The van der Waals surface area contributed by atoms with Gasteiger partial charge in [0.1, 0.15) is 17.3 Å². The van der Waals surface area contributed by atoms with Crippen LogP contribution in [-0.2, 0) is 0 Å². The Morgan fingerprint density at radius 3 is 2.09 bits per heavy atom. The molecule has 0 aromatic heterocycles. The van der Waals surface area contributed by atoms with Crippen molar-refractivity contribution in [2.75, 3.05) is 12.4 Å². The summed E-state index contributed by atoms with van der Waals surface area (Å²) in [5, 5.41) is 6.14. The van der Waals surface area contributed by atoms with Gasteiger partial charge >= 0.3 is 6.03 Å². The van der Waals surface area contributed by atoms with Crippen molar-refractivity contribution in [1.82, 2.24) is 5.32 Å². The molecule has 0 spiro atoms. The number of halogens is 4. The van der Waals surface area contributed by atoms with Crippen LogP contribution < -0.4 is 20.1 Å². The van der Waals surface area contributed by atoms with Crippen molar-refractivity contribution in [3.63, 3.8) is 0 Å². The first kappa shape index (κ1) is 24.6. The minimum atomic E-state index is -1.01. The number of methoxy groups -OCH3 is 1. The Bertz CT molecular complexity index is 1420. The van der Waals surface area contributed by atoms with Crippen LogP contribution in [0.2, 0.25) is 15.1 Å². The van der Waals surface area contributed by atoms with Crippen LogP contribution >= 0.6 is 34.8 Å². The highest BCUT2D eigenvalue weighted by molar-refractivity contribution is 6.38.